The van der Waals surface area contributed by atoms with Crippen LogP contribution in [0.1, 0.15) is 56.0 Å². The minimum absolute atomic E-state index is 0.00541. The number of amides is 3. The van der Waals surface area contributed by atoms with Crippen LogP contribution in [0.5, 0.6) is 0 Å². The molecule has 2 aliphatic rings. The number of benzene rings is 1. The molecule has 1 saturated heterocycles. The second-order valence-corrected chi connectivity index (χ2v) is 13.2. The highest BCUT2D eigenvalue weighted by Crippen LogP contribution is 2.41. The van der Waals surface area contributed by atoms with E-state index >= 15 is 0 Å². The molecular formula is C27H33N7O7S2. The number of nitrogens with zero attached hydrogens (tertiary/aromatic N) is 5. The van der Waals surface area contributed by atoms with Gasteiger partial charge in [0.2, 0.25) is 11.1 Å². The molecule has 2 aliphatic heterocycles. The van der Waals surface area contributed by atoms with Gasteiger partial charge in [-0.1, -0.05) is 44.7 Å². The van der Waals surface area contributed by atoms with Crippen molar-refractivity contribution >= 4 is 53.2 Å². The lowest BCUT2D eigenvalue weighted by molar-refractivity contribution is -0.150. The zero-order valence-corrected chi connectivity index (χ0v) is 25.7. The number of carbonyl (C=O) groups excluding carboxylic acids is 3. The van der Waals surface area contributed by atoms with E-state index < -0.39 is 47.1 Å². The van der Waals surface area contributed by atoms with Gasteiger partial charge in [0, 0.05) is 30.5 Å². The maximum Gasteiger partial charge on any atom is 0.352 e. The first-order chi connectivity index (χ1) is 20.3. The first kappa shape index (κ1) is 32.0. The van der Waals surface area contributed by atoms with E-state index in [1.165, 1.54) is 33.1 Å². The molecule has 230 valence electrons. The van der Waals surface area contributed by atoms with Crippen LogP contribution in [0, 0.1) is 0 Å². The van der Waals surface area contributed by atoms with E-state index in [0.717, 1.165) is 5.56 Å². The number of β-lactam (4-membered cyclic amide) rings is 1. The van der Waals surface area contributed by atoms with Gasteiger partial charge in [-0.25, -0.2) is 14.3 Å². The van der Waals surface area contributed by atoms with Crippen molar-refractivity contribution in [1.29, 1.82) is 0 Å². The number of hydrogen-bond donors (Lipinski definition) is 4. The SMILES string of the molecule is Cn1nnnc1SCC1=C(C(=O)O)N2C(=O)C(NC(=O)CCCC(NC(=O)c3ccc(C(C)(C)C)cc3)C(=O)O)[C@@H]2SC1. The van der Waals surface area contributed by atoms with Gasteiger partial charge in [-0.3, -0.25) is 19.3 Å². The number of aryl methyl sites for hydroxylation is 1. The van der Waals surface area contributed by atoms with E-state index in [-0.39, 0.29) is 36.1 Å². The molecule has 0 saturated carbocycles. The topological polar surface area (TPSA) is 197 Å². The number of carboxylic acids is 2. The molecule has 43 heavy (non-hydrogen) atoms. The van der Waals surface area contributed by atoms with Crippen LogP contribution in [0.3, 0.4) is 0 Å². The molecule has 0 radical (unpaired) electrons. The zero-order chi connectivity index (χ0) is 31.5. The number of aromatic nitrogens is 4. The summed E-state index contributed by atoms with van der Waals surface area (Å²) in [6, 6.07) is 4.85. The Labute approximate surface area is 256 Å². The zero-order valence-electron chi connectivity index (χ0n) is 24.1. The lowest BCUT2D eigenvalue weighted by Crippen LogP contribution is -2.70. The summed E-state index contributed by atoms with van der Waals surface area (Å²) in [6.45, 7) is 6.14. The summed E-state index contributed by atoms with van der Waals surface area (Å²) in [5.74, 6) is -3.36. The minimum atomic E-state index is -1.23. The van der Waals surface area contributed by atoms with Gasteiger partial charge in [-0.2, -0.15) is 0 Å². The third-order valence-electron chi connectivity index (χ3n) is 7.04. The molecule has 3 atom stereocenters. The van der Waals surface area contributed by atoms with E-state index in [1.54, 1.807) is 19.2 Å². The number of carbonyl (C=O) groups is 5. The highest BCUT2D eigenvalue weighted by atomic mass is 32.2. The molecule has 1 fully saturated rings. The first-order valence-corrected chi connectivity index (χ1v) is 15.5. The van der Waals surface area contributed by atoms with Crippen LogP contribution in [-0.2, 0) is 31.6 Å². The van der Waals surface area contributed by atoms with Gasteiger partial charge in [0.15, 0.2) is 0 Å². The molecule has 1 aromatic heterocycles. The van der Waals surface area contributed by atoms with Crippen molar-refractivity contribution in [1.82, 2.24) is 35.7 Å². The van der Waals surface area contributed by atoms with Gasteiger partial charge in [-0.05, 0) is 52.0 Å². The van der Waals surface area contributed by atoms with Crippen molar-refractivity contribution in [3.05, 3.63) is 46.7 Å². The van der Waals surface area contributed by atoms with Gasteiger partial charge in [0.1, 0.15) is 23.2 Å². The summed E-state index contributed by atoms with van der Waals surface area (Å²) in [5.41, 5.74) is 1.72. The number of tetrazole rings is 1. The number of hydrogen-bond acceptors (Lipinski definition) is 10. The van der Waals surface area contributed by atoms with Crippen molar-refractivity contribution in [2.75, 3.05) is 11.5 Å². The van der Waals surface area contributed by atoms with Crippen molar-refractivity contribution in [2.24, 2.45) is 7.05 Å². The molecule has 4 rings (SSSR count). The number of carboxylic acid groups (broad SMARTS) is 2. The van der Waals surface area contributed by atoms with Crippen molar-refractivity contribution in [3.63, 3.8) is 0 Å². The first-order valence-electron chi connectivity index (χ1n) is 13.5. The third kappa shape index (κ3) is 7.36. The van der Waals surface area contributed by atoms with Crippen LogP contribution < -0.4 is 10.6 Å². The van der Waals surface area contributed by atoms with Crippen molar-refractivity contribution < 1.29 is 34.2 Å². The second kappa shape index (κ2) is 13.2. The number of nitrogens with one attached hydrogen (secondary N) is 2. The Kier molecular flexibility index (Phi) is 9.79. The summed E-state index contributed by atoms with van der Waals surface area (Å²) >= 11 is 2.60. The van der Waals surface area contributed by atoms with Gasteiger partial charge in [-0.15, -0.1) is 16.9 Å². The van der Waals surface area contributed by atoms with Crippen LogP contribution in [0.2, 0.25) is 0 Å². The predicted octanol–water partition coefficient (Wildman–Crippen LogP) is 1.39. The van der Waals surface area contributed by atoms with Gasteiger partial charge in [0.25, 0.3) is 11.8 Å². The largest absolute Gasteiger partial charge is 0.480 e. The second-order valence-electron chi connectivity index (χ2n) is 11.2. The molecule has 1 aromatic carbocycles. The van der Waals surface area contributed by atoms with E-state index in [2.05, 4.69) is 26.2 Å². The molecule has 4 N–H and O–H groups in total. The fourth-order valence-electron chi connectivity index (χ4n) is 4.62. The third-order valence-corrected chi connectivity index (χ3v) is 9.47. The Morgan fingerprint density at radius 1 is 1.16 bits per heavy atom. The monoisotopic (exact) mass is 631 g/mol. The summed E-state index contributed by atoms with van der Waals surface area (Å²) in [7, 11) is 1.66. The smallest absolute Gasteiger partial charge is 0.352 e. The Balaban J connectivity index is 1.28. The summed E-state index contributed by atoms with van der Waals surface area (Å²) in [5, 5.41) is 35.7. The van der Waals surface area contributed by atoms with Gasteiger partial charge < -0.3 is 20.8 Å². The number of aliphatic carboxylic acids is 2. The van der Waals surface area contributed by atoms with E-state index in [1.807, 2.05) is 32.9 Å². The molecule has 0 aliphatic carbocycles. The predicted molar refractivity (Wildman–Crippen MR) is 157 cm³/mol. The molecular weight excluding hydrogens is 598 g/mol. The number of thioether (sulfide) groups is 2. The Hall–Kier alpha value is -3.92. The molecule has 3 heterocycles. The Bertz CT molecular complexity index is 1450. The Morgan fingerprint density at radius 3 is 2.44 bits per heavy atom. The number of rotatable bonds is 12. The number of fused-ring (bicyclic) bond motifs is 1. The fraction of sp³-hybridized carbons (Fsp3) is 0.481. The van der Waals surface area contributed by atoms with Crippen LogP contribution in [0.15, 0.2) is 40.7 Å². The van der Waals surface area contributed by atoms with Crippen LogP contribution in [-0.4, -0.2) is 93.9 Å². The van der Waals surface area contributed by atoms with Crippen LogP contribution in [0.4, 0.5) is 0 Å². The van der Waals surface area contributed by atoms with Gasteiger partial charge in [0.05, 0.1) is 0 Å². The van der Waals surface area contributed by atoms with E-state index in [9.17, 15) is 34.2 Å². The van der Waals surface area contributed by atoms with Crippen LogP contribution >= 0.6 is 23.5 Å². The van der Waals surface area contributed by atoms with E-state index in [0.29, 0.717) is 22.0 Å². The summed E-state index contributed by atoms with van der Waals surface area (Å²) in [6.07, 6.45) is 0.0782. The molecule has 16 heteroatoms. The fourth-order valence-corrected chi connectivity index (χ4v) is 6.96. The maximum absolute atomic E-state index is 12.9. The quantitative estimate of drug-likeness (QED) is 0.194. The molecule has 0 spiro atoms. The average Bonchev–Trinajstić information content (AvgIpc) is 3.37. The van der Waals surface area contributed by atoms with E-state index in [4.69, 9.17) is 0 Å². The van der Waals surface area contributed by atoms with Crippen molar-refractivity contribution in [2.45, 2.75) is 68.1 Å². The lowest BCUT2D eigenvalue weighted by atomic mass is 9.86. The van der Waals surface area contributed by atoms with Crippen LogP contribution in [0.25, 0.3) is 0 Å². The Morgan fingerprint density at radius 2 is 1.86 bits per heavy atom. The molecule has 3 amide bonds. The minimum Gasteiger partial charge on any atom is -0.480 e. The summed E-state index contributed by atoms with van der Waals surface area (Å²) < 4.78 is 1.46. The molecule has 2 aromatic rings. The average molecular weight is 632 g/mol. The normalized spacial score (nSPS) is 18.9. The standard InChI is InChI=1S/C27H33N7O7S2/c1-27(2,3)16-10-8-14(9-11-16)21(36)28-17(24(38)39)6-5-7-18(35)29-19-22(37)34-20(25(40)41)15(12-42-23(19)34)13-43-26-30-31-32-33(26)4/h8-11,17,19,23H,5-7,12-13H2,1-4H3,(H,28,36)(H,29,35)(H,38,39)(H,40,41)/t17?,19?,23-/m0/s1. The molecule has 2 unspecified atom stereocenters. The summed E-state index contributed by atoms with van der Waals surface area (Å²) in [4.78, 5) is 63.2. The molecule has 0 bridgehead atoms. The maximum atomic E-state index is 12.9. The van der Waals surface area contributed by atoms with Crippen molar-refractivity contribution in [3.8, 4) is 0 Å². The molecule has 14 nitrogen and oxygen atoms in total. The highest BCUT2D eigenvalue weighted by Gasteiger charge is 2.54. The highest BCUT2D eigenvalue weighted by molar-refractivity contribution is 8.01. The van der Waals surface area contributed by atoms with Gasteiger partial charge >= 0.3 is 11.9 Å². The lowest BCUT2D eigenvalue weighted by Gasteiger charge is -2.49.